The van der Waals surface area contributed by atoms with Crippen molar-refractivity contribution in [1.29, 1.82) is 0 Å². The molecule has 0 amide bonds. The number of aromatic nitrogens is 4. The molecular weight excluding hydrogens is 408 g/mol. The molecule has 3 aromatic rings. The van der Waals surface area contributed by atoms with Gasteiger partial charge in [0, 0.05) is 28.9 Å². The van der Waals surface area contributed by atoms with E-state index < -0.39 is 11.2 Å². The summed E-state index contributed by atoms with van der Waals surface area (Å²) in [5, 5.41) is 9.53. The lowest BCUT2D eigenvalue weighted by atomic mass is 9.86. The van der Waals surface area contributed by atoms with Crippen LogP contribution in [-0.4, -0.2) is 36.7 Å². The molecule has 1 aliphatic rings. The van der Waals surface area contributed by atoms with Crippen LogP contribution in [0.15, 0.2) is 48.7 Å². The van der Waals surface area contributed by atoms with Crippen LogP contribution >= 0.6 is 11.6 Å². The number of rotatable bonds is 6. The third-order valence-corrected chi connectivity index (χ3v) is 6.05. The second-order valence-corrected chi connectivity index (χ2v) is 9.13. The number of pyridine rings is 1. The van der Waals surface area contributed by atoms with Crippen LogP contribution in [0.2, 0.25) is 5.02 Å². The van der Waals surface area contributed by atoms with Crippen LogP contribution < -0.4 is 4.74 Å². The molecule has 1 fully saturated rings. The van der Waals surface area contributed by atoms with Crippen molar-refractivity contribution in [2.24, 2.45) is 0 Å². The number of ether oxygens (including phenoxy) is 1. The first-order chi connectivity index (χ1) is 14.1. The van der Waals surface area contributed by atoms with Gasteiger partial charge in [-0.1, -0.05) is 17.7 Å². The van der Waals surface area contributed by atoms with Gasteiger partial charge in [0.1, 0.15) is 11.9 Å². The Balaban J connectivity index is 1.52. The minimum absolute atomic E-state index is 0.163. The highest BCUT2D eigenvalue weighted by molar-refractivity contribution is 7.89. The molecule has 0 saturated heterocycles. The molecule has 1 saturated carbocycles. The normalized spacial score (nSPS) is 20.4. The Labute approximate surface area is 178 Å². The summed E-state index contributed by atoms with van der Waals surface area (Å²) in [6.45, 7) is 0. The highest BCUT2D eigenvalue weighted by Crippen LogP contribution is 2.35. The fraction of sp³-hybridized carbons (Fsp3) is 0.381. The Kier molecular flexibility index (Phi) is 6.37. The molecule has 0 bridgehead atoms. The van der Waals surface area contributed by atoms with Gasteiger partial charge < -0.3 is 9.29 Å². The maximum absolute atomic E-state index is 11.8. The molecular formula is C21H23ClN4O2S. The van der Waals surface area contributed by atoms with Crippen molar-refractivity contribution in [2.45, 2.75) is 43.5 Å². The Bertz CT molecular complexity index is 926. The quantitative estimate of drug-likeness (QED) is 0.545. The summed E-state index contributed by atoms with van der Waals surface area (Å²) >= 11 is 5.06. The van der Waals surface area contributed by atoms with Gasteiger partial charge in [0.05, 0.1) is 6.26 Å². The number of benzene rings is 1. The zero-order chi connectivity index (χ0) is 20.2. The first kappa shape index (κ1) is 20.2. The molecule has 152 valence electrons. The van der Waals surface area contributed by atoms with Gasteiger partial charge in [0.2, 0.25) is 5.88 Å². The Hall–Kier alpha value is -2.09. The molecule has 1 atom stereocenters. The van der Waals surface area contributed by atoms with Crippen molar-refractivity contribution < 1.29 is 9.29 Å². The van der Waals surface area contributed by atoms with E-state index >= 15 is 0 Å². The van der Waals surface area contributed by atoms with E-state index in [0.717, 1.165) is 43.0 Å². The van der Waals surface area contributed by atoms with Gasteiger partial charge in [0.25, 0.3) is 0 Å². The Morgan fingerprint density at radius 1 is 1.10 bits per heavy atom. The van der Waals surface area contributed by atoms with Crippen LogP contribution in [0.1, 0.15) is 43.3 Å². The van der Waals surface area contributed by atoms with Crippen LogP contribution in [0.5, 0.6) is 5.88 Å². The minimum atomic E-state index is -1.00. The van der Waals surface area contributed by atoms with Crippen LogP contribution in [0.3, 0.4) is 0 Å². The lowest BCUT2D eigenvalue weighted by Gasteiger charge is -2.28. The summed E-state index contributed by atoms with van der Waals surface area (Å²) in [6.07, 6.45) is 7.37. The van der Waals surface area contributed by atoms with E-state index in [1.807, 2.05) is 47.0 Å². The topological polar surface area (TPSA) is 75.9 Å². The predicted molar refractivity (Wildman–Crippen MR) is 114 cm³/mol. The Morgan fingerprint density at radius 2 is 1.86 bits per heavy atom. The number of halogens is 1. The van der Waals surface area contributed by atoms with Crippen molar-refractivity contribution >= 4 is 22.8 Å². The standard InChI is InChI=1S/C21H23ClN4O2S/c1-29(27)14-19-24-25-21(26(19)17-9-7-16(22)8-10-17)15-5-11-18(12-6-15)28-20-4-2-3-13-23-20/h2-4,7-10,13,15,18H,5-6,11-12,14H2,1H3/t15-,18-,29-/m1/s1. The van der Waals surface area contributed by atoms with E-state index in [2.05, 4.69) is 15.2 Å². The molecule has 2 heterocycles. The summed E-state index contributed by atoms with van der Waals surface area (Å²) in [7, 11) is 0. The average molecular weight is 431 g/mol. The van der Waals surface area contributed by atoms with Gasteiger partial charge in [-0.15, -0.1) is 10.2 Å². The molecule has 1 aliphatic carbocycles. The highest BCUT2D eigenvalue weighted by Gasteiger charge is 2.29. The maximum atomic E-state index is 11.8. The van der Waals surface area contributed by atoms with Gasteiger partial charge in [-0.05, 0) is 67.2 Å². The fourth-order valence-electron chi connectivity index (χ4n) is 3.77. The monoisotopic (exact) mass is 430 g/mol. The maximum Gasteiger partial charge on any atom is 0.213 e. The summed E-state index contributed by atoms with van der Waals surface area (Å²) in [6, 6.07) is 13.3. The van der Waals surface area contributed by atoms with Gasteiger partial charge >= 0.3 is 0 Å². The molecule has 0 radical (unpaired) electrons. The van der Waals surface area contributed by atoms with Crippen molar-refractivity contribution in [3.05, 3.63) is 65.3 Å². The van der Waals surface area contributed by atoms with E-state index in [4.69, 9.17) is 16.3 Å². The summed E-state index contributed by atoms with van der Waals surface area (Å²) in [4.78, 5) is 4.25. The number of hydrogen-bond acceptors (Lipinski definition) is 5. The molecule has 6 nitrogen and oxygen atoms in total. The van der Waals surface area contributed by atoms with Gasteiger partial charge in [-0.25, -0.2) is 4.98 Å². The molecule has 4 rings (SSSR count). The van der Waals surface area contributed by atoms with Crippen LogP contribution in [-0.2, 0) is 16.9 Å². The zero-order valence-electron chi connectivity index (χ0n) is 16.2. The van der Waals surface area contributed by atoms with E-state index in [0.29, 0.717) is 16.7 Å². The smallest absolute Gasteiger partial charge is 0.213 e. The third-order valence-electron chi connectivity index (χ3n) is 5.14. The van der Waals surface area contributed by atoms with Crippen LogP contribution in [0, 0.1) is 0 Å². The van der Waals surface area contributed by atoms with Crippen molar-refractivity contribution in [2.75, 3.05) is 6.26 Å². The number of nitrogens with zero attached hydrogens (tertiary/aromatic N) is 4. The Morgan fingerprint density at radius 3 is 2.52 bits per heavy atom. The average Bonchev–Trinajstić information content (AvgIpc) is 3.13. The molecule has 0 unspecified atom stereocenters. The second kappa shape index (κ2) is 9.15. The molecule has 1 aromatic carbocycles. The van der Waals surface area contributed by atoms with E-state index in [-0.39, 0.29) is 12.0 Å². The number of hydrogen-bond donors (Lipinski definition) is 0. The predicted octanol–water partition coefficient (Wildman–Crippen LogP) is 4.30. The minimum Gasteiger partial charge on any atom is -0.616 e. The molecule has 0 spiro atoms. The van der Waals surface area contributed by atoms with Crippen LogP contribution in [0.4, 0.5) is 0 Å². The largest absolute Gasteiger partial charge is 0.616 e. The van der Waals surface area contributed by atoms with E-state index in [9.17, 15) is 4.55 Å². The zero-order valence-corrected chi connectivity index (χ0v) is 17.8. The van der Waals surface area contributed by atoms with Gasteiger partial charge in [0.15, 0.2) is 11.6 Å². The summed E-state index contributed by atoms with van der Waals surface area (Å²) in [5.74, 6) is 2.96. The van der Waals surface area contributed by atoms with Crippen LogP contribution in [0.25, 0.3) is 5.69 Å². The van der Waals surface area contributed by atoms with Gasteiger partial charge in [-0.2, -0.15) is 0 Å². The van der Waals surface area contributed by atoms with E-state index in [1.165, 1.54) is 0 Å². The fourth-order valence-corrected chi connectivity index (χ4v) is 4.44. The first-order valence-electron chi connectivity index (χ1n) is 9.68. The third kappa shape index (κ3) is 4.91. The summed E-state index contributed by atoms with van der Waals surface area (Å²) in [5.41, 5.74) is 0.946. The second-order valence-electron chi connectivity index (χ2n) is 7.26. The van der Waals surface area contributed by atoms with Crippen molar-refractivity contribution in [3.63, 3.8) is 0 Å². The van der Waals surface area contributed by atoms with Crippen molar-refractivity contribution in [1.82, 2.24) is 19.7 Å². The molecule has 8 heteroatoms. The lowest BCUT2D eigenvalue weighted by Crippen LogP contribution is -2.25. The molecule has 2 aromatic heterocycles. The van der Waals surface area contributed by atoms with Crippen molar-refractivity contribution in [3.8, 4) is 11.6 Å². The highest BCUT2D eigenvalue weighted by atomic mass is 35.5. The van der Waals surface area contributed by atoms with E-state index in [1.54, 1.807) is 12.5 Å². The summed E-state index contributed by atoms with van der Waals surface area (Å²) < 4.78 is 19.9. The lowest BCUT2D eigenvalue weighted by molar-refractivity contribution is 0.139. The SMILES string of the molecule is C[S@@+]([O-])Cc1nnc([C@H]2CC[C@H](Oc3ccccn3)CC2)n1-c1ccc(Cl)cc1. The molecule has 0 aliphatic heterocycles. The first-order valence-corrected chi connectivity index (χ1v) is 11.8. The molecule has 29 heavy (non-hydrogen) atoms. The molecule has 0 N–H and O–H groups in total. The van der Waals surface area contributed by atoms with Gasteiger partial charge in [-0.3, -0.25) is 4.57 Å².